The summed E-state index contributed by atoms with van der Waals surface area (Å²) in [6.45, 7) is 5.59. The van der Waals surface area contributed by atoms with E-state index < -0.39 is 12.1 Å². The van der Waals surface area contributed by atoms with E-state index in [1.54, 1.807) is 18.7 Å². The molecule has 1 saturated heterocycles. The Hall–Kier alpha value is -1.84. The van der Waals surface area contributed by atoms with Crippen molar-refractivity contribution < 1.29 is 9.59 Å². The van der Waals surface area contributed by atoms with Gasteiger partial charge in [-0.1, -0.05) is 31.5 Å². The number of hydrogen-bond acceptors (Lipinski definition) is 2. The van der Waals surface area contributed by atoms with Crippen LogP contribution in [-0.2, 0) is 16.0 Å². The van der Waals surface area contributed by atoms with Crippen molar-refractivity contribution in [2.24, 2.45) is 0 Å². The van der Waals surface area contributed by atoms with Crippen LogP contribution in [0.25, 0.3) is 0 Å². The van der Waals surface area contributed by atoms with Crippen LogP contribution in [-0.4, -0.2) is 23.9 Å². The molecule has 0 spiro atoms. The smallest absolute Gasteiger partial charge is 0.250 e. The minimum Gasteiger partial charge on any atom is -0.343 e. The number of aryl methyl sites for hydroxylation is 1. The van der Waals surface area contributed by atoms with Crippen LogP contribution in [0.1, 0.15) is 32.8 Å². The van der Waals surface area contributed by atoms with E-state index >= 15 is 0 Å². The van der Waals surface area contributed by atoms with Crippen LogP contribution in [0.5, 0.6) is 0 Å². The van der Waals surface area contributed by atoms with Crippen molar-refractivity contribution in [3.63, 3.8) is 0 Å². The van der Waals surface area contributed by atoms with Gasteiger partial charge in [-0.2, -0.15) is 0 Å². The topological polar surface area (TPSA) is 49.4 Å². The molecule has 1 aliphatic heterocycles. The standard InChI is InChI=1S/C15H20N2O2/c1-4-7-12-8-5-6-9-13(12)17-11(3)14(18)16-10(2)15(17)19/h5-6,8-11H,4,7H2,1-3H3,(H,16,18). The largest absolute Gasteiger partial charge is 0.343 e. The molecular formula is C15H20N2O2. The molecule has 1 fully saturated rings. The molecule has 0 bridgehead atoms. The molecule has 0 aromatic heterocycles. The van der Waals surface area contributed by atoms with Gasteiger partial charge < -0.3 is 5.32 Å². The maximum atomic E-state index is 12.3. The fraction of sp³-hybridized carbons (Fsp3) is 0.467. The predicted molar refractivity (Wildman–Crippen MR) is 75.0 cm³/mol. The second-order valence-corrected chi connectivity index (χ2v) is 4.99. The highest BCUT2D eigenvalue weighted by Crippen LogP contribution is 2.26. The summed E-state index contributed by atoms with van der Waals surface area (Å²) < 4.78 is 0. The number of carbonyl (C=O) groups excluding carboxylic acids is 2. The first-order valence-corrected chi connectivity index (χ1v) is 6.77. The lowest BCUT2D eigenvalue weighted by molar-refractivity contribution is -0.133. The van der Waals surface area contributed by atoms with Gasteiger partial charge >= 0.3 is 0 Å². The van der Waals surface area contributed by atoms with E-state index in [0.717, 1.165) is 24.1 Å². The molecule has 1 N–H and O–H groups in total. The SMILES string of the molecule is CCCc1ccccc1N1C(=O)C(C)NC(=O)C1C. The molecule has 1 aromatic carbocycles. The van der Waals surface area contributed by atoms with Crippen molar-refractivity contribution >= 4 is 17.5 Å². The van der Waals surface area contributed by atoms with Gasteiger partial charge in [-0.25, -0.2) is 0 Å². The first-order chi connectivity index (χ1) is 9.06. The minimum absolute atomic E-state index is 0.0457. The lowest BCUT2D eigenvalue weighted by atomic mass is 10.0. The molecule has 1 aromatic rings. The summed E-state index contributed by atoms with van der Waals surface area (Å²) in [6.07, 6.45) is 1.91. The molecule has 4 nitrogen and oxygen atoms in total. The molecule has 19 heavy (non-hydrogen) atoms. The van der Waals surface area contributed by atoms with Crippen LogP contribution in [0.2, 0.25) is 0 Å². The first kappa shape index (κ1) is 13.6. The van der Waals surface area contributed by atoms with E-state index in [4.69, 9.17) is 0 Å². The van der Waals surface area contributed by atoms with Crippen LogP contribution >= 0.6 is 0 Å². The van der Waals surface area contributed by atoms with E-state index in [0.29, 0.717) is 0 Å². The third-order valence-corrected chi connectivity index (χ3v) is 3.50. The van der Waals surface area contributed by atoms with E-state index in [9.17, 15) is 9.59 Å². The molecule has 4 heteroatoms. The summed E-state index contributed by atoms with van der Waals surface area (Å²) >= 11 is 0. The van der Waals surface area contributed by atoms with Crippen LogP contribution in [0.3, 0.4) is 0 Å². The van der Waals surface area contributed by atoms with Gasteiger partial charge in [-0.05, 0) is 31.9 Å². The number of hydrogen-bond donors (Lipinski definition) is 1. The summed E-state index contributed by atoms with van der Waals surface area (Å²) in [5.74, 6) is -0.144. The number of benzene rings is 1. The molecular weight excluding hydrogens is 240 g/mol. The second kappa shape index (κ2) is 5.43. The van der Waals surface area contributed by atoms with Gasteiger partial charge in [0.1, 0.15) is 12.1 Å². The van der Waals surface area contributed by atoms with E-state index in [-0.39, 0.29) is 11.8 Å². The summed E-state index contributed by atoms with van der Waals surface area (Å²) in [5.41, 5.74) is 1.98. The van der Waals surface area contributed by atoms with Crippen molar-refractivity contribution in [3.05, 3.63) is 29.8 Å². The zero-order chi connectivity index (χ0) is 14.0. The molecule has 102 valence electrons. The highest BCUT2D eigenvalue weighted by Gasteiger charge is 2.37. The highest BCUT2D eigenvalue weighted by atomic mass is 16.2. The number of amides is 2. The second-order valence-electron chi connectivity index (χ2n) is 4.99. The molecule has 2 unspecified atom stereocenters. The third-order valence-electron chi connectivity index (χ3n) is 3.50. The van der Waals surface area contributed by atoms with Crippen molar-refractivity contribution in [2.45, 2.75) is 45.7 Å². The Balaban J connectivity index is 2.43. The van der Waals surface area contributed by atoms with Crippen molar-refractivity contribution in [2.75, 3.05) is 4.90 Å². The predicted octanol–water partition coefficient (Wildman–Crippen LogP) is 1.88. The van der Waals surface area contributed by atoms with Gasteiger partial charge in [0.15, 0.2) is 0 Å². The Labute approximate surface area is 113 Å². The maximum absolute atomic E-state index is 12.3. The lowest BCUT2D eigenvalue weighted by Gasteiger charge is -2.37. The summed E-state index contributed by atoms with van der Waals surface area (Å²) in [7, 11) is 0. The van der Waals surface area contributed by atoms with Gasteiger partial charge in [0.05, 0.1) is 0 Å². The van der Waals surface area contributed by atoms with Crippen LogP contribution in [0.4, 0.5) is 5.69 Å². The molecule has 2 atom stereocenters. The summed E-state index contributed by atoms with van der Waals surface area (Å²) in [6, 6.07) is 6.91. The fourth-order valence-corrected chi connectivity index (χ4v) is 2.47. The Morgan fingerprint density at radius 2 is 1.89 bits per heavy atom. The van der Waals surface area contributed by atoms with Crippen molar-refractivity contribution in [3.8, 4) is 0 Å². The number of nitrogens with one attached hydrogen (secondary N) is 1. The highest BCUT2D eigenvalue weighted by molar-refractivity contribution is 6.08. The Morgan fingerprint density at radius 3 is 2.58 bits per heavy atom. The van der Waals surface area contributed by atoms with Gasteiger partial charge in [0.25, 0.3) is 0 Å². The Morgan fingerprint density at radius 1 is 1.21 bits per heavy atom. The zero-order valence-corrected chi connectivity index (χ0v) is 11.6. The van der Waals surface area contributed by atoms with E-state index in [1.165, 1.54) is 0 Å². The lowest BCUT2D eigenvalue weighted by Crippen LogP contribution is -2.61. The molecule has 1 heterocycles. The molecule has 0 saturated carbocycles. The van der Waals surface area contributed by atoms with Gasteiger partial charge in [-0.3, -0.25) is 14.5 Å². The van der Waals surface area contributed by atoms with Crippen LogP contribution in [0.15, 0.2) is 24.3 Å². The normalized spacial score (nSPS) is 23.4. The van der Waals surface area contributed by atoms with E-state index in [2.05, 4.69) is 12.2 Å². The number of carbonyl (C=O) groups is 2. The zero-order valence-electron chi connectivity index (χ0n) is 11.6. The third kappa shape index (κ3) is 2.48. The Kier molecular flexibility index (Phi) is 3.88. The van der Waals surface area contributed by atoms with Gasteiger partial charge in [0.2, 0.25) is 11.8 Å². The summed E-state index contributed by atoms with van der Waals surface area (Å²) in [4.78, 5) is 25.9. The van der Waals surface area contributed by atoms with Crippen molar-refractivity contribution in [1.82, 2.24) is 5.32 Å². The van der Waals surface area contributed by atoms with Crippen molar-refractivity contribution in [1.29, 1.82) is 0 Å². The first-order valence-electron chi connectivity index (χ1n) is 6.77. The van der Waals surface area contributed by atoms with Crippen LogP contribution < -0.4 is 10.2 Å². The molecule has 2 amide bonds. The monoisotopic (exact) mass is 260 g/mol. The quantitative estimate of drug-likeness (QED) is 0.902. The minimum atomic E-state index is -0.460. The van der Waals surface area contributed by atoms with Crippen LogP contribution in [0, 0.1) is 0 Å². The number of anilines is 1. The van der Waals surface area contributed by atoms with E-state index in [1.807, 2.05) is 24.3 Å². The molecule has 0 aliphatic carbocycles. The average Bonchev–Trinajstić information content (AvgIpc) is 2.39. The van der Waals surface area contributed by atoms with Gasteiger partial charge in [0, 0.05) is 5.69 Å². The number of nitrogens with zero attached hydrogens (tertiary/aromatic N) is 1. The van der Waals surface area contributed by atoms with Gasteiger partial charge in [-0.15, -0.1) is 0 Å². The average molecular weight is 260 g/mol. The fourth-order valence-electron chi connectivity index (χ4n) is 2.47. The molecule has 0 radical (unpaired) electrons. The molecule has 2 rings (SSSR count). The number of para-hydroxylation sites is 1. The summed E-state index contributed by atoms with van der Waals surface area (Å²) in [5, 5.41) is 2.70. The number of rotatable bonds is 3. The number of piperazine rings is 1. The molecule has 1 aliphatic rings. The Bertz CT molecular complexity index is 499. The maximum Gasteiger partial charge on any atom is 0.250 e.